The number of H-pyrrole nitrogens is 1. The van der Waals surface area contributed by atoms with Gasteiger partial charge in [-0.25, -0.2) is 18.2 Å². The topological polar surface area (TPSA) is 140 Å². The number of carbonyl (C=O) groups is 2. The predicted molar refractivity (Wildman–Crippen MR) is 145 cm³/mol. The van der Waals surface area contributed by atoms with Crippen LogP contribution in [-0.2, 0) is 24.3 Å². The van der Waals surface area contributed by atoms with Gasteiger partial charge in [0.1, 0.15) is 11.8 Å². The number of amides is 3. The molecule has 40 heavy (non-hydrogen) atoms. The van der Waals surface area contributed by atoms with Crippen molar-refractivity contribution in [2.45, 2.75) is 30.0 Å². The monoisotopic (exact) mass is 569 g/mol. The van der Waals surface area contributed by atoms with Crippen LogP contribution in [0.5, 0.6) is 0 Å². The highest BCUT2D eigenvalue weighted by Crippen LogP contribution is 2.27. The van der Waals surface area contributed by atoms with E-state index < -0.39 is 16.1 Å². The number of nitrogens with zero attached hydrogens (tertiary/aromatic N) is 5. The number of benzene rings is 1. The summed E-state index contributed by atoms with van der Waals surface area (Å²) in [6.07, 6.45) is 6.14. The minimum atomic E-state index is -3.95. The standard InChI is InChI=1S/C26H31N7O6S/c1-2-18-3-4-21-19(13-18)14-23(28-21)40(36,37)31-7-8-32(20(16-31)15-24(34)30-9-11-38-12-10-30)26(35)33-6-5-22-25(29-33)39-17-27-22/h1,3-4,13-14,20,22,27-28H,5-12,15-17H2. The molecule has 4 aliphatic rings. The maximum absolute atomic E-state index is 13.7. The van der Waals surface area contributed by atoms with E-state index >= 15 is 0 Å². The summed E-state index contributed by atoms with van der Waals surface area (Å²) in [6.45, 7) is 2.71. The Labute approximate surface area is 232 Å². The SMILES string of the molecule is C#Cc1ccc2[nH]c(S(=O)(=O)N3CCN(C(=O)N4CCC5NCOC5=N4)C(CC(=O)N4CCOCC4)C3)cc2c1. The van der Waals surface area contributed by atoms with Crippen LogP contribution in [0, 0.1) is 12.3 Å². The Kier molecular flexibility index (Phi) is 7.13. The average Bonchev–Trinajstić information content (AvgIpc) is 3.64. The number of aromatic amines is 1. The van der Waals surface area contributed by atoms with Crippen LogP contribution in [0.25, 0.3) is 10.9 Å². The summed E-state index contributed by atoms with van der Waals surface area (Å²) in [7, 11) is -3.95. The van der Waals surface area contributed by atoms with E-state index in [1.807, 2.05) is 0 Å². The van der Waals surface area contributed by atoms with Crippen LogP contribution < -0.4 is 5.32 Å². The summed E-state index contributed by atoms with van der Waals surface area (Å²) >= 11 is 0. The first-order chi connectivity index (χ1) is 19.3. The molecule has 0 radical (unpaired) electrons. The number of rotatable bonds is 4. The molecule has 3 fully saturated rings. The van der Waals surface area contributed by atoms with Crippen molar-refractivity contribution in [1.82, 2.24) is 29.4 Å². The predicted octanol–water partition coefficient (Wildman–Crippen LogP) is 0.158. The van der Waals surface area contributed by atoms with E-state index in [1.54, 1.807) is 34.1 Å². The quantitative estimate of drug-likeness (QED) is 0.500. The fraction of sp³-hybridized carbons (Fsp3) is 0.500. The van der Waals surface area contributed by atoms with Gasteiger partial charge in [-0.2, -0.15) is 4.31 Å². The number of hydrogen-bond donors (Lipinski definition) is 2. The average molecular weight is 570 g/mol. The minimum absolute atomic E-state index is 0.0128. The number of aromatic nitrogens is 1. The third-order valence-electron chi connectivity index (χ3n) is 7.76. The molecular formula is C26H31N7O6S. The lowest BCUT2D eigenvalue weighted by atomic mass is 10.1. The number of ether oxygens (including phenoxy) is 2. The van der Waals surface area contributed by atoms with Crippen molar-refractivity contribution in [2.75, 3.05) is 59.2 Å². The molecule has 1 aromatic heterocycles. The van der Waals surface area contributed by atoms with E-state index in [2.05, 4.69) is 21.3 Å². The molecule has 0 spiro atoms. The second-order valence-electron chi connectivity index (χ2n) is 10.2. The Morgan fingerprint density at radius 2 is 1.95 bits per heavy atom. The van der Waals surface area contributed by atoms with Crippen molar-refractivity contribution in [3.8, 4) is 12.3 Å². The van der Waals surface area contributed by atoms with Crippen molar-refractivity contribution < 1.29 is 27.5 Å². The van der Waals surface area contributed by atoms with E-state index in [9.17, 15) is 18.0 Å². The molecule has 2 atom stereocenters. The molecule has 1 aromatic carbocycles. The minimum Gasteiger partial charge on any atom is -0.463 e. The van der Waals surface area contributed by atoms with Gasteiger partial charge in [-0.05, 0) is 30.7 Å². The zero-order valence-corrected chi connectivity index (χ0v) is 22.7. The van der Waals surface area contributed by atoms with E-state index in [-0.39, 0.29) is 49.1 Å². The molecule has 5 heterocycles. The largest absolute Gasteiger partial charge is 0.463 e. The van der Waals surface area contributed by atoms with Crippen LogP contribution in [0.15, 0.2) is 34.4 Å². The Balaban J connectivity index is 1.25. The Bertz CT molecular complexity index is 1490. The fourth-order valence-electron chi connectivity index (χ4n) is 5.52. The van der Waals surface area contributed by atoms with Crippen LogP contribution in [0.3, 0.4) is 0 Å². The van der Waals surface area contributed by atoms with E-state index in [4.69, 9.17) is 15.9 Å². The van der Waals surface area contributed by atoms with Crippen LogP contribution in [0.2, 0.25) is 0 Å². The zero-order chi connectivity index (χ0) is 27.9. The number of urea groups is 1. The normalized spacial score (nSPS) is 23.9. The molecule has 2 N–H and O–H groups in total. The van der Waals surface area contributed by atoms with Gasteiger partial charge in [0.25, 0.3) is 10.0 Å². The summed E-state index contributed by atoms with van der Waals surface area (Å²) in [5, 5.41) is 9.64. The van der Waals surface area contributed by atoms with Crippen LogP contribution in [0.4, 0.5) is 4.79 Å². The van der Waals surface area contributed by atoms with Crippen LogP contribution in [0.1, 0.15) is 18.4 Å². The number of piperazine rings is 1. The highest BCUT2D eigenvalue weighted by Gasteiger charge is 2.41. The summed E-state index contributed by atoms with van der Waals surface area (Å²) in [5.74, 6) is 2.88. The van der Waals surface area contributed by atoms with E-state index in [0.29, 0.717) is 68.4 Å². The first-order valence-corrected chi connectivity index (χ1v) is 14.8. The number of hydrogen-bond acceptors (Lipinski definition) is 8. The maximum Gasteiger partial charge on any atom is 0.340 e. The molecule has 2 unspecified atom stereocenters. The molecule has 3 saturated heterocycles. The van der Waals surface area contributed by atoms with E-state index in [1.165, 1.54) is 9.31 Å². The van der Waals surface area contributed by atoms with Gasteiger partial charge in [-0.3, -0.25) is 10.1 Å². The first kappa shape index (κ1) is 26.6. The van der Waals surface area contributed by atoms with E-state index in [0.717, 1.165) is 0 Å². The Hall–Kier alpha value is -3.64. The molecule has 6 rings (SSSR count). The van der Waals surface area contributed by atoms with Crippen molar-refractivity contribution in [3.05, 3.63) is 29.8 Å². The van der Waals surface area contributed by atoms with Gasteiger partial charge in [0.15, 0.2) is 0 Å². The van der Waals surface area contributed by atoms with Gasteiger partial charge < -0.3 is 24.3 Å². The molecule has 4 aliphatic heterocycles. The summed E-state index contributed by atoms with van der Waals surface area (Å²) in [4.78, 5) is 33.1. The molecule has 212 valence electrons. The fourth-order valence-corrected chi connectivity index (χ4v) is 7.01. The lowest BCUT2D eigenvalue weighted by molar-refractivity contribution is -0.136. The molecule has 3 amide bonds. The number of nitrogens with one attached hydrogen (secondary N) is 2. The van der Waals surface area contributed by atoms with Gasteiger partial charge in [-0.15, -0.1) is 11.5 Å². The number of fused-ring (bicyclic) bond motifs is 2. The Morgan fingerprint density at radius 3 is 2.75 bits per heavy atom. The highest BCUT2D eigenvalue weighted by molar-refractivity contribution is 7.89. The first-order valence-electron chi connectivity index (χ1n) is 13.3. The molecule has 0 saturated carbocycles. The second-order valence-corrected chi connectivity index (χ2v) is 12.1. The summed E-state index contributed by atoms with van der Waals surface area (Å²) < 4.78 is 39.7. The van der Waals surface area contributed by atoms with Gasteiger partial charge in [0, 0.05) is 62.2 Å². The molecule has 0 aliphatic carbocycles. The summed E-state index contributed by atoms with van der Waals surface area (Å²) in [5.41, 5.74) is 1.30. The maximum atomic E-state index is 13.7. The zero-order valence-electron chi connectivity index (χ0n) is 21.9. The second kappa shape index (κ2) is 10.7. The van der Waals surface area contributed by atoms with Crippen molar-refractivity contribution in [2.24, 2.45) is 5.10 Å². The van der Waals surface area contributed by atoms with Gasteiger partial charge >= 0.3 is 6.03 Å². The molecule has 2 aromatic rings. The number of carbonyl (C=O) groups excluding carboxylic acids is 2. The van der Waals surface area contributed by atoms with Crippen LogP contribution >= 0.6 is 0 Å². The van der Waals surface area contributed by atoms with Crippen molar-refractivity contribution >= 4 is 38.8 Å². The third kappa shape index (κ3) is 5.01. The lowest BCUT2D eigenvalue weighted by Gasteiger charge is -2.42. The van der Waals surface area contributed by atoms with Crippen molar-refractivity contribution in [1.29, 1.82) is 0 Å². The third-order valence-corrected chi connectivity index (χ3v) is 9.55. The van der Waals surface area contributed by atoms with Gasteiger partial charge in [0.2, 0.25) is 11.8 Å². The molecule has 13 nitrogen and oxygen atoms in total. The Morgan fingerprint density at radius 1 is 1.12 bits per heavy atom. The number of sulfonamides is 1. The highest BCUT2D eigenvalue weighted by atomic mass is 32.2. The van der Waals surface area contributed by atoms with Gasteiger partial charge in [0.05, 0.1) is 25.3 Å². The lowest BCUT2D eigenvalue weighted by Crippen LogP contribution is -2.60. The number of terminal acetylenes is 1. The molecule has 14 heteroatoms. The number of morpholine rings is 1. The molecule has 0 bridgehead atoms. The van der Waals surface area contributed by atoms with Crippen LogP contribution in [-0.4, -0.2) is 122 Å². The molecular weight excluding hydrogens is 538 g/mol. The van der Waals surface area contributed by atoms with Crippen molar-refractivity contribution in [3.63, 3.8) is 0 Å². The number of hydrazone groups is 1. The smallest absolute Gasteiger partial charge is 0.340 e. The summed E-state index contributed by atoms with van der Waals surface area (Å²) in [6, 6.07) is 5.74. The van der Waals surface area contributed by atoms with Gasteiger partial charge in [-0.1, -0.05) is 5.92 Å².